The first-order valence-electron chi connectivity index (χ1n) is 11.6. The molecule has 1 fully saturated rings. The molecule has 0 unspecified atom stereocenters. The van der Waals surface area contributed by atoms with Crippen molar-refractivity contribution < 1.29 is 23.0 Å². The van der Waals surface area contributed by atoms with Crippen LogP contribution in [0.15, 0.2) is 42.6 Å². The Hall–Kier alpha value is -3.46. The number of alkyl halides is 2. The standard InChI is InChI=1S/C26H28F2N4O3/c1-4-35-25-21(17-8-11-34-12-9-17)15-22(31-32-25)20-14-19(6-5-16(20)2)30-24(33)18-7-10-29-23(13-18)26(3,27)28/h5-7,10,13-15,17H,4,8-9,11-12H2,1-3H3,(H,30,33). The second kappa shape index (κ2) is 10.4. The monoisotopic (exact) mass is 482 g/mol. The van der Waals surface area contributed by atoms with Crippen LogP contribution in [0.1, 0.15) is 59.8 Å². The number of rotatable bonds is 7. The van der Waals surface area contributed by atoms with Gasteiger partial charge in [-0.05, 0) is 68.5 Å². The molecule has 0 spiro atoms. The van der Waals surface area contributed by atoms with E-state index in [0.29, 0.717) is 37.1 Å². The van der Waals surface area contributed by atoms with E-state index in [1.54, 1.807) is 6.07 Å². The van der Waals surface area contributed by atoms with Crippen molar-refractivity contribution in [1.82, 2.24) is 15.2 Å². The number of hydrogen-bond acceptors (Lipinski definition) is 6. The van der Waals surface area contributed by atoms with E-state index in [4.69, 9.17) is 9.47 Å². The van der Waals surface area contributed by atoms with Gasteiger partial charge in [0.15, 0.2) is 0 Å². The Morgan fingerprint density at radius 1 is 1.17 bits per heavy atom. The lowest BCUT2D eigenvalue weighted by molar-refractivity contribution is 0.0127. The molecule has 184 valence electrons. The first kappa shape index (κ1) is 24.7. The predicted molar refractivity (Wildman–Crippen MR) is 128 cm³/mol. The van der Waals surface area contributed by atoms with Crippen molar-refractivity contribution in [2.45, 2.75) is 45.5 Å². The second-order valence-electron chi connectivity index (χ2n) is 8.61. The molecule has 7 nitrogen and oxygen atoms in total. The molecule has 0 radical (unpaired) electrons. The van der Waals surface area contributed by atoms with Crippen LogP contribution >= 0.6 is 0 Å². The van der Waals surface area contributed by atoms with Crippen molar-refractivity contribution in [2.75, 3.05) is 25.1 Å². The van der Waals surface area contributed by atoms with E-state index in [1.165, 1.54) is 12.3 Å². The number of carbonyl (C=O) groups excluding carboxylic acids is 1. The minimum Gasteiger partial charge on any atom is -0.477 e. The normalized spacial score (nSPS) is 14.5. The van der Waals surface area contributed by atoms with Gasteiger partial charge < -0.3 is 14.8 Å². The van der Waals surface area contributed by atoms with Crippen LogP contribution in [0.3, 0.4) is 0 Å². The van der Waals surface area contributed by atoms with Crippen LogP contribution in [0.2, 0.25) is 0 Å². The number of pyridine rings is 1. The van der Waals surface area contributed by atoms with Crippen molar-refractivity contribution in [3.8, 4) is 17.1 Å². The van der Waals surface area contributed by atoms with Crippen LogP contribution in [0, 0.1) is 6.92 Å². The summed E-state index contributed by atoms with van der Waals surface area (Å²) in [7, 11) is 0. The van der Waals surface area contributed by atoms with Crippen LogP contribution < -0.4 is 10.1 Å². The SMILES string of the molecule is CCOc1nnc(-c2cc(NC(=O)c3ccnc(C(C)(F)F)c3)ccc2C)cc1C1CCOCC1. The number of carbonyl (C=O) groups is 1. The molecule has 3 heterocycles. The summed E-state index contributed by atoms with van der Waals surface area (Å²) >= 11 is 0. The van der Waals surface area contributed by atoms with Gasteiger partial charge in [0.2, 0.25) is 5.88 Å². The van der Waals surface area contributed by atoms with E-state index < -0.39 is 17.5 Å². The number of halogens is 2. The lowest BCUT2D eigenvalue weighted by Gasteiger charge is -2.24. The summed E-state index contributed by atoms with van der Waals surface area (Å²) in [4.78, 5) is 16.4. The average molecular weight is 483 g/mol. The van der Waals surface area contributed by atoms with Gasteiger partial charge in [-0.2, -0.15) is 8.78 Å². The van der Waals surface area contributed by atoms with Crippen LogP contribution in [0.5, 0.6) is 5.88 Å². The zero-order valence-corrected chi connectivity index (χ0v) is 20.0. The summed E-state index contributed by atoms with van der Waals surface area (Å²) in [6.07, 6.45) is 2.96. The molecule has 1 aliphatic heterocycles. The fourth-order valence-electron chi connectivity index (χ4n) is 4.07. The minimum atomic E-state index is -3.14. The van der Waals surface area contributed by atoms with Crippen LogP contribution in [-0.2, 0) is 10.7 Å². The summed E-state index contributed by atoms with van der Waals surface area (Å²) < 4.78 is 38.5. The third-order valence-electron chi connectivity index (χ3n) is 5.97. The summed E-state index contributed by atoms with van der Waals surface area (Å²) in [5, 5.41) is 11.5. The first-order valence-corrected chi connectivity index (χ1v) is 11.6. The largest absolute Gasteiger partial charge is 0.477 e. The van der Waals surface area contributed by atoms with Crippen molar-refractivity contribution in [2.24, 2.45) is 0 Å². The molecule has 1 N–H and O–H groups in total. The maximum absolute atomic E-state index is 13.6. The highest BCUT2D eigenvalue weighted by Gasteiger charge is 2.27. The maximum atomic E-state index is 13.6. The molecule has 1 amide bonds. The molecule has 2 aromatic heterocycles. The third kappa shape index (κ3) is 5.79. The molecule has 1 saturated heterocycles. The van der Waals surface area contributed by atoms with Gasteiger partial charge in [-0.3, -0.25) is 9.78 Å². The summed E-state index contributed by atoms with van der Waals surface area (Å²) in [5.41, 5.74) is 3.58. The number of benzene rings is 1. The molecular formula is C26H28F2N4O3. The van der Waals surface area contributed by atoms with Crippen molar-refractivity contribution in [3.05, 3.63) is 65.0 Å². The highest BCUT2D eigenvalue weighted by atomic mass is 19.3. The minimum absolute atomic E-state index is 0.0984. The number of aromatic nitrogens is 3. The number of amides is 1. The highest BCUT2D eigenvalue weighted by Crippen LogP contribution is 2.35. The van der Waals surface area contributed by atoms with Gasteiger partial charge in [-0.25, -0.2) is 0 Å². The Morgan fingerprint density at radius 3 is 2.66 bits per heavy atom. The number of ether oxygens (including phenoxy) is 2. The highest BCUT2D eigenvalue weighted by molar-refractivity contribution is 6.04. The number of aryl methyl sites for hydroxylation is 1. The molecule has 9 heteroatoms. The first-order chi connectivity index (χ1) is 16.8. The molecule has 0 bridgehead atoms. The van der Waals surface area contributed by atoms with E-state index in [-0.39, 0.29) is 11.5 Å². The van der Waals surface area contributed by atoms with Crippen LogP contribution in [0.4, 0.5) is 14.5 Å². The van der Waals surface area contributed by atoms with Crippen molar-refractivity contribution >= 4 is 11.6 Å². The molecule has 0 saturated carbocycles. The van der Waals surface area contributed by atoms with Gasteiger partial charge in [-0.15, -0.1) is 10.2 Å². The van der Waals surface area contributed by atoms with E-state index in [0.717, 1.165) is 42.5 Å². The van der Waals surface area contributed by atoms with Gasteiger partial charge in [0.05, 0.1) is 12.3 Å². The molecule has 1 aromatic carbocycles. The summed E-state index contributed by atoms with van der Waals surface area (Å²) in [6, 6.07) is 9.94. The lowest BCUT2D eigenvalue weighted by Crippen LogP contribution is -2.16. The van der Waals surface area contributed by atoms with E-state index in [2.05, 4.69) is 20.5 Å². The Morgan fingerprint density at radius 2 is 1.94 bits per heavy atom. The third-order valence-corrected chi connectivity index (χ3v) is 5.97. The maximum Gasteiger partial charge on any atom is 0.286 e. The fourth-order valence-corrected chi connectivity index (χ4v) is 4.07. The van der Waals surface area contributed by atoms with Crippen molar-refractivity contribution in [1.29, 1.82) is 0 Å². The number of nitrogens with one attached hydrogen (secondary N) is 1. The number of hydrogen-bond donors (Lipinski definition) is 1. The van der Waals surface area contributed by atoms with Gasteiger partial charge in [0.25, 0.3) is 11.8 Å². The number of nitrogens with zero attached hydrogens (tertiary/aromatic N) is 3. The topological polar surface area (TPSA) is 86.2 Å². The molecule has 0 atom stereocenters. The zero-order chi connectivity index (χ0) is 25.0. The second-order valence-corrected chi connectivity index (χ2v) is 8.61. The fraction of sp³-hybridized carbons (Fsp3) is 0.385. The quantitative estimate of drug-likeness (QED) is 0.478. The molecule has 0 aliphatic carbocycles. The van der Waals surface area contributed by atoms with E-state index >= 15 is 0 Å². The van der Waals surface area contributed by atoms with Crippen LogP contribution in [0.25, 0.3) is 11.3 Å². The van der Waals surface area contributed by atoms with E-state index in [9.17, 15) is 13.6 Å². The van der Waals surface area contributed by atoms with Crippen LogP contribution in [-0.4, -0.2) is 40.9 Å². The van der Waals surface area contributed by atoms with Gasteiger partial charge in [-0.1, -0.05) is 6.07 Å². The molecule has 4 rings (SSSR count). The molecule has 35 heavy (non-hydrogen) atoms. The zero-order valence-electron chi connectivity index (χ0n) is 20.0. The Kier molecular flexibility index (Phi) is 7.35. The predicted octanol–water partition coefficient (Wildman–Crippen LogP) is 5.50. The molecule has 1 aliphatic rings. The summed E-state index contributed by atoms with van der Waals surface area (Å²) in [6.45, 7) is 6.48. The average Bonchev–Trinajstić information content (AvgIpc) is 2.86. The number of anilines is 1. The Bertz CT molecular complexity index is 1210. The Labute approximate surface area is 202 Å². The van der Waals surface area contributed by atoms with Crippen molar-refractivity contribution in [3.63, 3.8) is 0 Å². The smallest absolute Gasteiger partial charge is 0.286 e. The van der Waals surface area contributed by atoms with Gasteiger partial charge in [0, 0.05) is 48.7 Å². The summed E-state index contributed by atoms with van der Waals surface area (Å²) in [5.74, 6) is -2.85. The molecular weight excluding hydrogens is 454 g/mol. The molecule has 3 aromatic rings. The van der Waals surface area contributed by atoms with E-state index in [1.807, 2.05) is 32.0 Å². The van der Waals surface area contributed by atoms with Gasteiger partial charge in [0.1, 0.15) is 5.69 Å². The lowest BCUT2D eigenvalue weighted by atomic mass is 9.91. The Balaban J connectivity index is 1.63. The van der Waals surface area contributed by atoms with Gasteiger partial charge >= 0.3 is 0 Å².